The lowest BCUT2D eigenvalue weighted by Gasteiger charge is -2.35. The van der Waals surface area contributed by atoms with Gasteiger partial charge in [0, 0.05) is 12.5 Å². The largest absolute Gasteiger partial charge is 0.423 e. The number of rotatable bonds is 4. The van der Waals surface area contributed by atoms with Crippen LogP contribution in [0.15, 0.2) is 21.2 Å². The molecule has 0 aliphatic carbocycles. The minimum Gasteiger partial charge on any atom is -0.423 e. The van der Waals surface area contributed by atoms with Crippen molar-refractivity contribution in [1.29, 1.82) is 0 Å². The molecule has 1 amide bonds. The first kappa shape index (κ1) is 16.1. The van der Waals surface area contributed by atoms with E-state index in [-0.39, 0.29) is 23.8 Å². The number of carbonyl (C=O) groups is 1. The van der Waals surface area contributed by atoms with Gasteiger partial charge in [0.1, 0.15) is 6.04 Å². The first-order chi connectivity index (χ1) is 11.1. The summed E-state index contributed by atoms with van der Waals surface area (Å²) in [6.45, 7) is 7.39. The van der Waals surface area contributed by atoms with Gasteiger partial charge < -0.3 is 14.1 Å². The number of nitrogens with zero attached hydrogens (tertiary/aromatic N) is 3. The van der Waals surface area contributed by atoms with Crippen LogP contribution in [-0.4, -0.2) is 40.8 Å². The fraction of sp³-hybridized carbons (Fsp3) is 0.562. The molecule has 2 aromatic heterocycles. The Morgan fingerprint density at radius 1 is 1.39 bits per heavy atom. The zero-order chi connectivity index (χ0) is 16.4. The van der Waals surface area contributed by atoms with Crippen LogP contribution in [0.25, 0.3) is 0 Å². The quantitative estimate of drug-likeness (QED) is 0.859. The van der Waals surface area contributed by atoms with E-state index in [1.807, 2.05) is 42.5 Å². The molecule has 0 saturated carbocycles. The zero-order valence-corrected chi connectivity index (χ0v) is 14.4. The van der Waals surface area contributed by atoms with Gasteiger partial charge in [0.05, 0.1) is 19.1 Å². The van der Waals surface area contributed by atoms with Gasteiger partial charge in [-0.25, -0.2) is 0 Å². The number of morpholine rings is 1. The molecule has 0 aromatic carbocycles. The second-order valence-electron chi connectivity index (χ2n) is 6.03. The topological polar surface area (TPSA) is 68.5 Å². The molecule has 0 N–H and O–H groups in total. The Bertz CT molecular complexity index is 653. The van der Waals surface area contributed by atoms with Crippen molar-refractivity contribution in [1.82, 2.24) is 15.1 Å². The fourth-order valence-electron chi connectivity index (χ4n) is 2.60. The van der Waals surface area contributed by atoms with Crippen LogP contribution in [-0.2, 0) is 9.53 Å². The summed E-state index contributed by atoms with van der Waals surface area (Å²) in [4.78, 5) is 14.7. The highest BCUT2D eigenvalue weighted by atomic mass is 32.1. The molecule has 0 radical (unpaired) electrons. The van der Waals surface area contributed by atoms with Crippen LogP contribution < -0.4 is 0 Å². The van der Waals surface area contributed by atoms with Gasteiger partial charge in [0.15, 0.2) is 0 Å². The first-order valence-electron chi connectivity index (χ1n) is 7.81. The third kappa shape index (κ3) is 3.30. The Morgan fingerprint density at radius 3 is 2.87 bits per heavy atom. The summed E-state index contributed by atoms with van der Waals surface area (Å²) in [6.07, 6.45) is 0. The molecule has 3 rings (SSSR count). The van der Waals surface area contributed by atoms with Gasteiger partial charge in [0.2, 0.25) is 17.7 Å². The van der Waals surface area contributed by atoms with Crippen LogP contribution in [0.5, 0.6) is 0 Å². The van der Waals surface area contributed by atoms with Crippen LogP contribution in [0.2, 0.25) is 0 Å². The van der Waals surface area contributed by atoms with Gasteiger partial charge in [-0.2, -0.15) is 11.3 Å². The van der Waals surface area contributed by atoms with Gasteiger partial charge >= 0.3 is 0 Å². The Kier molecular flexibility index (Phi) is 4.77. The van der Waals surface area contributed by atoms with E-state index in [0.29, 0.717) is 31.5 Å². The van der Waals surface area contributed by atoms with E-state index in [2.05, 4.69) is 10.2 Å². The Balaban J connectivity index is 1.81. The summed E-state index contributed by atoms with van der Waals surface area (Å²) in [5.41, 5.74) is 1.04. The maximum Gasteiger partial charge on any atom is 0.241 e. The van der Waals surface area contributed by atoms with E-state index >= 15 is 0 Å². The van der Waals surface area contributed by atoms with Crippen LogP contribution >= 0.6 is 11.3 Å². The van der Waals surface area contributed by atoms with Crippen LogP contribution in [0.1, 0.15) is 56.0 Å². The number of aromatic nitrogens is 2. The van der Waals surface area contributed by atoms with Crippen LogP contribution in [0, 0.1) is 0 Å². The van der Waals surface area contributed by atoms with Crippen molar-refractivity contribution in [3.8, 4) is 0 Å². The normalized spacial score (nSPS) is 20.0. The van der Waals surface area contributed by atoms with E-state index in [0.717, 1.165) is 5.56 Å². The monoisotopic (exact) mass is 335 g/mol. The SMILES string of the molecule is CC(C)c1nnc(C2COCCN2C(=O)C(C)c2ccsc2)o1. The first-order valence-corrected chi connectivity index (χ1v) is 8.75. The molecule has 6 nitrogen and oxygen atoms in total. The van der Waals surface area contributed by atoms with Crippen molar-refractivity contribution in [2.45, 2.75) is 38.6 Å². The maximum absolute atomic E-state index is 12.9. The van der Waals surface area contributed by atoms with E-state index in [4.69, 9.17) is 9.15 Å². The molecule has 3 heterocycles. The minimum absolute atomic E-state index is 0.0704. The summed E-state index contributed by atoms with van der Waals surface area (Å²) in [6, 6.07) is 1.68. The van der Waals surface area contributed by atoms with Crippen molar-refractivity contribution in [2.24, 2.45) is 0 Å². The smallest absolute Gasteiger partial charge is 0.241 e. The van der Waals surface area contributed by atoms with Gasteiger partial charge in [0.25, 0.3) is 0 Å². The number of hydrogen-bond donors (Lipinski definition) is 0. The molecule has 2 aromatic rings. The summed E-state index contributed by atoms with van der Waals surface area (Å²) >= 11 is 1.60. The molecule has 1 aliphatic heterocycles. The molecule has 1 fully saturated rings. The molecule has 2 atom stereocenters. The summed E-state index contributed by atoms with van der Waals surface area (Å²) in [5.74, 6) is 1.09. The highest BCUT2D eigenvalue weighted by Crippen LogP contribution is 2.29. The zero-order valence-electron chi connectivity index (χ0n) is 13.6. The average Bonchev–Trinajstić information content (AvgIpc) is 3.24. The van der Waals surface area contributed by atoms with E-state index in [9.17, 15) is 4.79 Å². The van der Waals surface area contributed by atoms with Crippen molar-refractivity contribution < 1.29 is 13.9 Å². The predicted molar refractivity (Wildman–Crippen MR) is 86.4 cm³/mol. The van der Waals surface area contributed by atoms with Crippen molar-refractivity contribution in [3.63, 3.8) is 0 Å². The Hall–Kier alpha value is -1.73. The minimum atomic E-state index is -0.308. The highest BCUT2D eigenvalue weighted by Gasteiger charge is 2.35. The summed E-state index contributed by atoms with van der Waals surface area (Å²) < 4.78 is 11.3. The van der Waals surface area contributed by atoms with Crippen LogP contribution in [0.3, 0.4) is 0 Å². The van der Waals surface area contributed by atoms with Gasteiger partial charge in [-0.3, -0.25) is 4.79 Å². The number of hydrogen-bond acceptors (Lipinski definition) is 6. The molecular weight excluding hydrogens is 314 g/mol. The molecule has 0 spiro atoms. The van der Waals surface area contributed by atoms with Crippen molar-refractivity contribution in [3.05, 3.63) is 34.2 Å². The summed E-state index contributed by atoms with van der Waals surface area (Å²) in [5, 5.41) is 12.2. The molecule has 0 bridgehead atoms. The van der Waals surface area contributed by atoms with E-state index in [1.54, 1.807) is 11.3 Å². The maximum atomic E-state index is 12.9. The molecule has 23 heavy (non-hydrogen) atoms. The van der Waals surface area contributed by atoms with E-state index < -0.39 is 0 Å². The molecular formula is C16H21N3O3S. The lowest BCUT2D eigenvalue weighted by molar-refractivity contribution is -0.142. The second kappa shape index (κ2) is 6.80. The standard InChI is InChI=1S/C16H21N3O3S/c1-10(2)14-17-18-15(22-14)13-8-21-6-5-19(13)16(20)11(3)12-4-7-23-9-12/h4,7,9-11,13H,5-6,8H2,1-3H3. The molecule has 1 saturated heterocycles. The molecule has 1 aliphatic rings. The summed E-state index contributed by atoms with van der Waals surface area (Å²) in [7, 11) is 0. The number of amides is 1. The highest BCUT2D eigenvalue weighted by molar-refractivity contribution is 7.08. The Labute approximate surface area is 139 Å². The second-order valence-corrected chi connectivity index (χ2v) is 6.81. The van der Waals surface area contributed by atoms with Gasteiger partial charge in [-0.15, -0.1) is 10.2 Å². The number of thiophene rings is 1. The van der Waals surface area contributed by atoms with E-state index in [1.165, 1.54) is 0 Å². The van der Waals surface area contributed by atoms with Gasteiger partial charge in [-0.05, 0) is 29.3 Å². The van der Waals surface area contributed by atoms with Crippen molar-refractivity contribution >= 4 is 17.2 Å². The molecule has 124 valence electrons. The fourth-order valence-corrected chi connectivity index (χ4v) is 3.35. The molecule has 2 unspecified atom stereocenters. The predicted octanol–water partition coefficient (Wildman–Crippen LogP) is 2.96. The number of ether oxygens (including phenoxy) is 1. The molecule has 7 heteroatoms. The lowest BCUT2D eigenvalue weighted by atomic mass is 10.0. The lowest BCUT2D eigenvalue weighted by Crippen LogP contribution is -2.45. The Morgan fingerprint density at radius 2 is 2.22 bits per heavy atom. The third-order valence-electron chi connectivity index (χ3n) is 4.06. The van der Waals surface area contributed by atoms with Crippen molar-refractivity contribution in [2.75, 3.05) is 19.8 Å². The average molecular weight is 335 g/mol. The third-order valence-corrected chi connectivity index (χ3v) is 4.76. The van der Waals surface area contributed by atoms with Gasteiger partial charge in [-0.1, -0.05) is 13.8 Å². The number of carbonyl (C=O) groups excluding carboxylic acids is 1. The van der Waals surface area contributed by atoms with Crippen LogP contribution in [0.4, 0.5) is 0 Å².